The lowest BCUT2D eigenvalue weighted by Crippen LogP contribution is -2.09. The van der Waals surface area contributed by atoms with Gasteiger partial charge in [-0.2, -0.15) is 0 Å². The van der Waals surface area contributed by atoms with Crippen LogP contribution in [0, 0.1) is 0 Å². The zero-order valence-electron chi connectivity index (χ0n) is 8.87. The number of aliphatic hydroxyl groups excluding tert-OH is 2. The molecule has 0 heterocycles. The summed E-state index contributed by atoms with van der Waals surface area (Å²) < 4.78 is 0. The molecule has 0 radical (unpaired) electrons. The summed E-state index contributed by atoms with van der Waals surface area (Å²) in [6.45, 7) is 2.19. The zero-order chi connectivity index (χ0) is 10.4. The second-order valence-electron chi connectivity index (χ2n) is 3.91. The van der Waals surface area contributed by atoms with Crippen molar-refractivity contribution in [2.45, 2.75) is 51.6 Å². The van der Waals surface area contributed by atoms with Gasteiger partial charge in [-0.15, -0.1) is 0 Å². The van der Waals surface area contributed by atoms with Crippen molar-refractivity contribution >= 4 is 0 Å². The Morgan fingerprint density at radius 2 is 2.14 bits per heavy atom. The number of allylic oxidation sites excluding steroid dienone is 2. The van der Waals surface area contributed by atoms with Crippen LogP contribution in [0.2, 0.25) is 0 Å². The molecule has 1 aliphatic rings. The van der Waals surface area contributed by atoms with Crippen molar-refractivity contribution < 1.29 is 10.2 Å². The SMILES string of the molecule is CCCCCCC1=C(O)CC(O)C=C1. The minimum atomic E-state index is -0.491. The van der Waals surface area contributed by atoms with Crippen LogP contribution in [0.15, 0.2) is 23.5 Å². The minimum Gasteiger partial charge on any atom is -0.512 e. The average Bonchev–Trinajstić information content (AvgIpc) is 2.15. The van der Waals surface area contributed by atoms with Gasteiger partial charge in [0, 0.05) is 6.42 Å². The van der Waals surface area contributed by atoms with Crippen molar-refractivity contribution in [1.29, 1.82) is 0 Å². The van der Waals surface area contributed by atoms with Crippen LogP contribution in [0.3, 0.4) is 0 Å². The lowest BCUT2D eigenvalue weighted by atomic mass is 9.98. The van der Waals surface area contributed by atoms with Gasteiger partial charge in [-0.05, 0) is 18.4 Å². The number of rotatable bonds is 5. The molecule has 80 valence electrons. The van der Waals surface area contributed by atoms with E-state index in [0.29, 0.717) is 12.2 Å². The van der Waals surface area contributed by atoms with Gasteiger partial charge in [-0.25, -0.2) is 0 Å². The number of hydrogen-bond acceptors (Lipinski definition) is 2. The Morgan fingerprint density at radius 1 is 1.36 bits per heavy atom. The third-order valence-electron chi connectivity index (χ3n) is 2.59. The van der Waals surface area contributed by atoms with Gasteiger partial charge in [-0.1, -0.05) is 38.3 Å². The van der Waals surface area contributed by atoms with Crippen molar-refractivity contribution in [2.75, 3.05) is 0 Å². The Bertz CT molecular complexity index is 228. The maximum absolute atomic E-state index is 9.56. The van der Waals surface area contributed by atoms with Crippen LogP contribution in [-0.4, -0.2) is 16.3 Å². The topological polar surface area (TPSA) is 40.5 Å². The predicted octanol–water partition coefficient (Wildman–Crippen LogP) is 3.09. The van der Waals surface area contributed by atoms with Crippen molar-refractivity contribution in [3.05, 3.63) is 23.5 Å². The number of unbranched alkanes of at least 4 members (excludes halogenated alkanes) is 3. The molecular formula is C12H20O2. The van der Waals surface area contributed by atoms with E-state index in [1.54, 1.807) is 6.08 Å². The van der Waals surface area contributed by atoms with Crippen molar-refractivity contribution in [3.63, 3.8) is 0 Å². The van der Waals surface area contributed by atoms with Crippen LogP contribution in [0.4, 0.5) is 0 Å². The first-order valence-corrected chi connectivity index (χ1v) is 5.51. The largest absolute Gasteiger partial charge is 0.512 e. The summed E-state index contributed by atoms with van der Waals surface area (Å²) >= 11 is 0. The van der Waals surface area contributed by atoms with E-state index in [1.165, 1.54) is 19.3 Å². The van der Waals surface area contributed by atoms with Crippen LogP contribution in [0.1, 0.15) is 45.4 Å². The maximum Gasteiger partial charge on any atom is 0.0983 e. The van der Waals surface area contributed by atoms with Gasteiger partial charge in [0.05, 0.1) is 11.9 Å². The normalized spacial score (nSPS) is 21.7. The lowest BCUT2D eigenvalue weighted by Gasteiger charge is -2.14. The quantitative estimate of drug-likeness (QED) is 0.663. The smallest absolute Gasteiger partial charge is 0.0983 e. The van der Waals surface area contributed by atoms with Crippen molar-refractivity contribution in [3.8, 4) is 0 Å². The van der Waals surface area contributed by atoms with Crippen LogP contribution < -0.4 is 0 Å². The van der Waals surface area contributed by atoms with Gasteiger partial charge in [0.25, 0.3) is 0 Å². The molecule has 0 aliphatic heterocycles. The highest BCUT2D eigenvalue weighted by atomic mass is 16.3. The molecule has 0 aromatic rings. The second-order valence-corrected chi connectivity index (χ2v) is 3.91. The number of aliphatic hydroxyl groups is 2. The third-order valence-corrected chi connectivity index (χ3v) is 2.59. The molecule has 0 aromatic heterocycles. The molecule has 0 saturated heterocycles. The van der Waals surface area contributed by atoms with E-state index in [4.69, 9.17) is 0 Å². The summed E-state index contributed by atoms with van der Waals surface area (Å²) in [5.41, 5.74) is 1.01. The second kappa shape index (κ2) is 5.86. The van der Waals surface area contributed by atoms with E-state index in [2.05, 4.69) is 6.92 Å². The molecule has 0 fully saturated rings. The summed E-state index contributed by atoms with van der Waals surface area (Å²) in [4.78, 5) is 0. The van der Waals surface area contributed by atoms with E-state index in [-0.39, 0.29) is 0 Å². The molecule has 14 heavy (non-hydrogen) atoms. The van der Waals surface area contributed by atoms with E-state index in [0.717, 1.165) is 18.4 Å². The fraction of sp³-hybridized carbons (Fsp3) is 0.667. The molecule has 1 rings (SSSR count). The molecule has 1 aliphatic carbocycles. The molecule has 0 spiro atoms. The average molecular weight is 196 g/mol. The summed E-state index contributed by atoms with van der Waals surface area (Å²) in [5, 5.41) is 18.8. The fourth-order valence-corrected chi connectivity index (χ4v) is 1.69. The van der Waals surface area contributed by atoms with Crippen LogP contribution >= 0.6 is 0 Å². The lowest BCUT2D eigenvalue weighted by molar-refractivity contribution is 0.197. The van der Waals surface area contributed by atoms with Crippen LogP contribution in [-0.2, 0) is 0 Å². The highest BCUT2D eigenvalue weighted by Gasteiger charge is 2.12. The van der Waals surface area contributed by atoms with E-state index in [1.807, 2.05) is 6.08 Å². The van der Waals surface area contributed by atoms with E-state index < -0.39 is 6.10 Å². The monoisotopic (exact) mass is 196 g/mol. The molecule has 0 amide bonds. The molecule has 2 N–H and O–H groups in total. The first kappa shape index (κ1) is 11.3. The fourth-order valence-electron chi connectivity index (χ4n) is 1.69. The highest BCUT2D eigenvalue weighted by Crippen LogP contribution is 2.21. The van der Waals surface area contributed by atoms with Gasteiger partial charge in [0.2, 0.25) is 0 Å². The third kappa shape index (κ3) is 3.54. The summed E-state index contributed by atoms with van der Waals surface area (Å²) in [6.07, 6.45) is 9.31. The maximum atomic E-state index is 9.56. The molecule has 0 bridgehead atoms. The first-order valence-electron chi connectivity index (χ1n) is 5.51. The molecule has 0 saturated carbocycles. The molecule has 2 nitrogen and oxygen atoms in total. The predicted molar refractivity (Wildman–Crippen MR) is 58.2 cm³/mol. The Kier molecular flexibility index (Phi) is 4.74. The molecular weight excluding hydrogens is 176 g/mol. The Labute approximate surface area is 86.0 Å². The van der Waals surface area contributed by atoms with Gasteiger partial charge in [0.15, 0.2) is 0 Å². The van der Waals surface area contributed by atoms with Crippen molar-refractivity contribution in [2.24, 2.45) is 0 Å². The summed E-state index contributed by atoms with van der Waals surface area (Å²) in [5.74, 6) is 0.372. The highest BCUT2D eigenvalue weighted by molar-refractivity contribution is 5.27. The zero-order valence-corrected chi connectivity index (χ0v) is 8.87. The first-order chi connectivity index (χ1) is 6.74. The van der Waals surface area contributed by atoms with E-state index in [9.17, 15) is 10.2 Å². The molecule has 0 aromatic carbocycles. The summed E-state index contributed by atoms with van der Waals surface area (Å²) in [6, 6.07) is 0. The number of hydrogen-bond donors (Lipinski definition) is 2. The molecule has 1 unspecified atom stereocenters. The van der Waals surface area contributed by atoms with Crippen LogP contribution in [0.25, 0.3) is 0 Å². The van der Waals surface area contributed by atoms with Crippen molar-refractivity contribution in [1.82, 2.24) is 0 Å². The molecule has 1 atom stereocenters. The van der Waals surface area contributed by atoms with Gasteiger partial charge >= 0.3 is 0 Å². The Morgan fingerprint density at radius 3 is 2.79 bits per heavy atom. The van der Waals surface area contributed by atoms with Crippen LogP contribution in [0.5, 0.6) is 0 Å². The van der Waals surface area contributed by atoms with E-state index >= 15 is 0 Å². The standard InChI is InChI=1S/C12H20O2/c1-2-3-4-5-6-10-7-8-11(13)9-12(10)14/h7-8,11,13-14H,2-6,9H2,1H3. The van der Waals surface area contributed by atoms with Gasteiger partial charge < -0.3 is 10.2 Å². The Hall–Kier alpha value is -0.760. The van der Waals surface area contributed by atoms with Gasteiger partial charge in [0.1, 0.15) is 0 Å². The Balaban J connectivity index is 2.30. The van der Waals surface area contributed by atoms with Gasteiger partial charge in [-0.3, -0.25) is 0 Å². The summed E-state index contributed by atoms with van der Waals surface area (Å²) in [7, 11) is 0. The minimum absolute atomic E-state index is 0.372. The molecule has 2 heteroatoms.